The number of aromatic nitrogens is 1. The predicted octanol–water partition coefficient (Wildman–Crippen LogP) is 3.76. The molecular formula is C17H22BrN3. The van der Waals surface area contributed by atoms with Gasteiger partial charge in [-0.25, -0.2) is 0 Å². The molecule has 0 fully saturated rings. The minimum Gasteiger partial charge on any atom is -0.324 e. The lowest BCUT2D eigenvalue weighted by Gasteiger charge is -2.22. The van der Waals surface area contributed by atoms with E-state index in [1.165, 1.54) is 5.56 Å². The maximum absolute atomic E-state index is 6.30. The van der Waals surface area contributed by atoms with Gasteiger partial charge in [-0.2, -0.15) is 0 Å². The maximum Gasteiger partial charge on any atom is 0.0543 e. The second-order valence-corrected chi connectivity index (χ2v) is 6.06. The van der Waals surface area contributed by atoms with Gasteiger partial charge in [0.2, 0.25) is 0 Å². The lowest BCUT2D eigenvalue weighted by atomic mass is 10.0. The summed E-state index contributed by atoms with van der Waals surface area (Å²) >= 11 is 3.49. The van der Waals surface area contributed by atoms with Gasteiger partial charge in [0.1, 0.15) is 0 Å². The molecule has 4 heteroatoms. The molecule has 1 aromatic heterocycles. The molecule has 1 unspecified atom stereocenters. The average Bonchev–Trinajstić information content (AvgIpc) is 2.52. The summed E-state index contributed by atoms with van der Waals surface area (Å²) in [6.45, 7) is 5.03. The third-order valence-electron chi connectivity index (χ3n) is 3.59. The summed E-state index contributed by atoms with van der Waals surface area (Å²) in [5, 5.41) is 0. The summed E-state index contributed by atoms with van der Waals surface area (Å²) in [5.74, 6) is 0. The van der Waals surface area contributed by atoms with Crippen LogP contribution in [0.25, 0.3) is 0 Å². The van der Waals surface area contributed by atoms with E-state index in [-0.39, 0.29) is 6.04 Å². The maximum atomic E-state index is 6.30. The molecule has 2 rings (SSSR count). The SMILES string of the molecule is CCN(CCC(N)c1cccc(Br)c1)Cc1ccccn1. The van der Waals surface area contributed by atoms with E-state index in [9.17, 15) is 0 Å². The normalized spacial score (nSPS) is 12.6. The molecule has 0 saturated heterocycles. The molecule has 112 valence electrons. The number of halogens is 1. The van der Waals surface area contributed by atoms with Crippen LogP contribution in [-0.2, 0) is 6.54 Å². The summed E-state index contributed by atoms with van der Waals surface area (Å²) in [6.07, 6.45) is 2.79. The Hall–Kier alpha value is -1.23. The highest BCUT2D eigenvalue weighted by Crippen LogP contribution is 2.19. The molecule has 2 N–H and O–H groups in total. The van der Waals surface area contributed by atoms with E-state index in [4.69, 9.17) is 5.73 Å². The Bertz CT molecular complexity index is 545. The Balaban J connectivity index is 1.88. The molecular weight excluding hydrogens is 326 g/mol. The third kappa shape index (κ3) is 5.23. The highest BCUT2D eigenvalue weighted by Gasteiger charge is 2.10. The monoisotopic (exact) mass is 347 g/mol. The number of hydrogen-bond acceptors (Lipinski definition) is 3. The van der Waals surface area contributed by atoms with Gasteiger partial charge in [-0.05, 0) is 42.8 Å². The number of benzene rings is 1. The first kappa shape index (κ1) is 16.1. The van der Waals surface area contributed by atoms with Crippen LogP contribution in [0.1, 0.15) is 30.6 Å². The Morgan fingerprint density at radius 2 is 2.10 bits per heavy atom. The molecule has 1 atom stereocenters. The number of pyridine rings is 1. The smallest absolute Gasteiger partial charge is 0.0543 e. The van der Waals surface area contributed by atoms with Gasteiger partial charge in [-0.15, -0.1) is 0 Å². The minimum absolute atomic E-state index is 0.0697. The molecule has 0 aliphatic rings. The van der Waals surface area contributed by atoms with Crippen molar-refractivity contribution in [2.45, 2.75) is 25.9 Å². The lowest BCUT2D eigenvalue weighted by molar-refractivity contribution is 0.265. The average molecular weight is 348 g/mol. The summed E-state index contributed by atoms with van der Waals surface area (Å²) < 4.78 is 1.08. The lowest BCUT2D eigenvalue weighted by Crippen LogP contribution is -2.27. The molecule has 0 bridgehead atoms. The van der Waals surface area contributed by atoms with E-state index in [0.29, 0.717) is 0 Å². The molecule has 2 aromatic rings. The van der Waals surface area contributed by atoms with E-state index >= 15 is 0 Å². The highest BCUT2D eigenvalue weighted by atomic mass is 79.9. The van der Waals surface area contributed by atoms with Gasteiger partial charge >= 0.3 is 0 Å². The van der Waals surface area contributed by atoms with Crippen LogP contribution in [0.5, 0.6) is 0 Å². The van der Waals surface area contributed by atoms with E-state index in [0.717, 1.165) is 36.2 Å². The van der Waals surface area contributed by atoms with Gasteiger partial charge in [-0.1, -0.05) is 41.1 Å². The zero-order chi connectivity index (χ0) is 15.1. The van der Waals surface area contributed by atoms with E-state index < -0.39 is 0 Å². The first-order valence-corrected chi connectivity index (χ1v) is 8.11. The second kappa shape index (κ2) is 8.27. The van der Waals surface area contributed by atoms with Crippen molar-refractivity contribution in [1.82, 2.24) is 9.88 Å². The van der Waals surface area contributed by atoms with Gasteiger partial charge in [0, 0.05) is 29.8 Å². The first-order valence-electron chi connectivity index (χ1n) is 7.32. The number of nitrogens with zero attached hydrogens (tertiary/aromatic N) is 2. The Morgan fingerprint density at radius 3 is 2.76 bits per heavy atom. The van der Waals surface area contributed by atoms with Crippen molar-refractivity contribution in [2.24, 2.45) is 5.73 Å². The van der Waals surface area contributed by atoms with Crippen LogP contribution in [0.15, 0.2) is 53.1 Å². The highest BCUT2D eigenvalue weighted by molar-refractivity contribution is 9.10. The Labute approximate surface area is 135 Å². The van der Waals surface area contributed by atoms with Crippen LogP contribution in [0.2, 0.25) is 0 Å². The Kier molecular flexibility index (Phi) is 6.36. The molecule has 1 heterocycles. The molecule has 3 nitrogen and oxygen atoms in total. The molecule has 21 heavy (non-hydrogen) atoms. The number of hydrogen-bond donors (Lipinski definition) is 1. The van der Waals surface area contributed by atoms with Gasteiger partial charge in [-0.3, -0.25) is 9.88 Å². The topological polar surface area (TPSA) is 42.1 Å². The summed E-state index contributed by atoms with van der Waals surface area (Å²) in [7, 11) is 0. The number of nitrogens with two attached hydrogens (primary N) is 1. The van der Waals surface area contributed by atoms with Crippen molar-refractivity contribution in [1.29, 1.82) is 0 Å². The van der Waals surface area contributed by atoms with Gasteiger partial charge < -0.3 is 5.73 Å². The van der Waals surface area contributed by atoms with Crippen molar-refractivity contribution < 1.29 is 0 Å². The standard InChI is InChI=1S/C17H22BrN3/c1-2-21(13-16-8-3-4-10-20-16)11-9-17(19)14-6-5-7-15(18)12-14/h3-8,10,12,17H,2,9,11,13,19H2,1H3. The van der Waals surface area contributed by atoms with Gasteiger partial charge in [0.05, 0.1) is 5.69 Å². The van der Waals surface area contributed by atoms with Crippen LogP contribution >= 0.6 is 15.9 Å². The Morgan fingerprint density at radius 1 is 1.24 bits per heavy atom. The van der Waals surface area contributed by atoms with Crippen molar-refractivity contribution >= 4 is 15.9 Å². The third-order valence-corrected chi connectivity index (χ3v) is 4.09. The van der Waals surface area contributed by atoms with E-state index in [2.05, 4.69) is 50.9 Å². The van der Waals surface area contributed by atoms with Crippen LogP contribution in [0.4, 0.5) is 0 Å². The number of rotatable bonds is 7. The van der Waals surface area contributed by atoms with Crippen molar-refractivity contribution in [2.75, 3.05) is 13.1 Å². The molecule has 0 aliphatic carbocycles. The zero-order valence-corrected chi connectivity index (χ0v) is 14.0. The largest absolute Gasteiger partial charge is 0.324 e. The minimum atomic E-state index is 0.0697. The van der Waals surface area contributed by atoms with E-state index in [1.54, 1.807) is 0 Å². The van der Waals surface area contributed by atoms with Gasteiger partial charge in [0.25, 0.3) is 0 Å². The molecule has 0 spiro atoms. The quantitative estimate of drug-likeness (QED) is 0.829. The van der Waals surface area contributed by atoms with E-state index in [1.807, 2.05) is 30.5 Å². The fraction of sp³-hybridized carbons (Fsp3) is 0.353. The van der Waals surface area contributed by atoms with Crippen LogP contribution in [0.3, 0.4) is 0 Å². The van der Waals surface area contributed by atoms with Gasteiger partial charge in [0.15, 0.2) is 0 Å². The fourth-order valence-corrected chi connectivity index (χ4v) is 2.71. The summed E-state index contributed by atoms with van der Waals surface area (Å²) in [4.78, 5) is 6.76. The molecule has 1 aromatic carbocycles. The van der Waals surface area contributed by atoms with Crippen LogP contribution in [-0.4, -0.2) is 23.0 Å². The molecule has 0 radical (unpaired) electrons. The summed E-state index contributed by atoms with van der Waals surface area (Å²) in [5.41, 5.74) is 8.58. The van der Waals surface area contributed by atoms with Crippen molar-refractivity contribution in [3.63, 3.8) is 0 Å². The molecule has 0 amide bonds. The van der Waals surface area contributed by atoms with Crippen molar-refractivity contribution in [3.05, 3.63) is 64.4 Å². The molecule has 0 saturated carbocycles. The second-order valence-electron chi connectivity index (χ2n) is 5.14. The predicted molar refractivity (Wildman–Crippen MR) is 90.9 cm³/mol. The fourth-order valence-electron chi connectivity index (χ4n) is 2.30. The zero-order valence-electron chi connectivity index (χ0n) is 12.4. The summed E-state index contributed by atoms with van der Waals surface area (Å²) in [6, 6.07) is 14.4. The van der Waals surface area contributed by atoms with Crippen LogP contribution < -0.4 is 5.73 Å². The first-order chi connectivity index (χ1) is 10.2. The molecule has 0 aliphatic heterocycles. The van der Waals surface area contributed by atoms with Crippen molar-refractivity contribution in [3.8, 4) is 0 Å². The van der Waals surface area contributed by atoms with Crippen LogP contribution in [0, 0.1) is 0 Å².